The van der Waals surface area contributed by atoms with Gasteiger partial charge >= 0.3 is 0 Å². The quantitative estimate of drug-likeness (QED) is 0.855. The molecule has 2 rings (SSSR count). The molecule has 5 heteroatoms. The summed E-state index contributed by atoms with van der Waals surface area (Å²) in [5.41, 5.74) is 7.24. The zero-order chi connectivity index (χ0) is 15.2. The first kappa shape index (κ1) is 15.3. The number of amides is 1. The van der Waals surface area contributed by atoms with E-state index in [1.54, 1.807) is 6.07 Å². The summed E-state index contributed by atoms with van der Waals surface area (Å²) in [5.74, 6) is 0.394. The molecule has 112 valence electrons. The van der Waals surface area contributed by atoms with Crippen molar-refractivity contribution in [3.05, 3.63) is 42.2 Å². The number of benzene rings is 1. The van der Waals surface area contributed by atoms with Crippen molar-refractivity contribution >= 4 is 5.91 Å². The van der Waals surface area contributed by atoms with E-state index in [1.165, 1.54) is 0 Å². The van der Waals surface area contributed by atoms with Gasteiger partial charge in [-0.15, -0.1) is 0 Å². The molecular formula is C16H21N3O2. The number of nitrogens with zero attached hydrogens (tertiary/aromatic N) is 1. The molecule has 1 aromatic heterocycles. The van der Waals surface area contributed by atoms with Crippen LogP contribution in [0.3, 0.4) is 0 Å². The fourth-order valence-electron chi connectivity index (χ4n) is 2.17. The number of rotatable bonds is 6. The Labute approximate surface area is 124 Å². The average molecular weight is 287 g/mol. The highest BCUT2D eigenvalue weighted by Crippen LogP contribution is 2.18. The number of hydrogen-bond acceptors (Lipinski definition) is 4. The maximum Gasteiger partial charge on any atom is 0.290 e. The first-order chi connectivity index (χ1) is 10.1. The van der Waals surface area contributed by atoms with Crippen LogP contribution in [0.5, 0.6) is 0 Å². The Morgan fingerprint density at radius 3 is 2.67 bits per heavy atom. The van der Waals surface area contributed by atoms with Crippen LogP contribution in [-0.4, -0.2) is 23.7 Å². The molecule has 0 fully saturated rings. The smallest absolute Gasteiger partial charge is 0.290 e. The molecule has 3 N–H and O–H groups in total. The SMILES string of the molecule is CC(C)CC(CN)NC(=O)c1cc(-c2ccccc2)no1. The minimum absolute atomic E-state index is 0.0530. The van der Waals surface area contributed by atoms with Crippen LogP contribution in [-0.2, 0) is 0 Å². The van der Waals surface area contributed by atoms with Crippen LogP contribution < -0.4 is 11.1 Å². The number of carbonyl (C=O) groups is 1. The summed E-state index contributed by atoms with van der Waals surface area (Å²) in [6.45, 7) is 4.59. The fraction of sp³-hybridized carbons (Fsp3) is 0.375. The summed E-state index contributed by atoms with van der Waals surface area (Å²) in [7, 11) is 0. The number of aromatic nitrogens is 1. The Kier molecular flexibility index (Phi) is 5.11. The van der Waals surface area contributed by atoms with Gasteiger partial charge in [0.1, 0.15) is 5.69 Å². The van der Waals surface area contributed by atoms with E-state index >= 15 is 0 Å². The van der Waals surface area contributed by atoms with Crippen LogP contribution in [0.25, 0.3) is 11.3 Å². The third kappa shape index (κ3) is 4.16. The Morgan fingerprint density at radius 1 is 1.33 bits per heavy atom. The zero-order valence-corrected chi connectivity index (χ0v) is 12.4. The molecule has 1 atom stereocenters. The highest BCUT2D eigenvalue weighted by molar-refractivity contribution is 5.92. The third-order valence-corrected chi connectivity index (χ3v) is 3.18. The van der Waals surface area contributed by atoms with Crippen molar-refractivity contribution in [2.45, 2.75) is 26.3 Å². The van der Waals surface area contributed by atoms with E-state index in [2.05, 4.69) is 24.3 Å². The second-order valence-electron chi connectivity index (χ2n) is 5.48. The summed E-state index contributed by atoms with van der Waals surface area (Å²) in [6, 6.07) is 11.2. The minimum Gasteiger partial charge on any atom is -0.350 e. The van der Waals surface area contributed by atoms with Crippen LogP contribution in [0.4, 0.5) is 0 Å². The van der Waals surface area contributed by atoms with Crippen LogP contribution in [0.15, 0.2) is 40.9 Å². The molecule has 1 aromatic carbocycles. The predicted octanol–water partition coefficient (Wildman–Crippen LogP) is 2.44. The van der Waals surface area contributed by atoms with E-state index in [9.17, 15) is 4.79 Å². The number of nitrogens with two attached hydrogens (primary N) is 1. The van der Waals surface area contributed by atoms with Gasteiger partial charge in [-0.3, -0.25) is 4.79 Å². The van der Waals surface area contributed by atoms with Gasteiger partial charge in [-0.25, -0.2) is 0 Å². The number of nitrogens with one attached hydrogen (secondary N) is 1. The van der Waals surface area contributed by atoms with E-state index in [-0.39, 0.29) is 17.7 Å². The van der Waals surface area contributed by atoms with E-state index in [0.717, 1.165) is 12.0 Å². The lowest BCUT2D eigenvalue weighted by Gasteiger charge is -2.17. The van der Waals surface area contributed by atoms with Crippen molar-refractivity contribution in [2.75, 3.05) is 6.54 Å². The molecule has 1 unspecified atom stereocenters. The standard InChI is InChI=1S/C16H21N3O2/c1-11(2)8-13(10-17)18-16(20)15-9-14(19-21-15)12-6-4-3-5-7-12/h3-7,9,11,13H,8,10,17H2,1-2H3,(H,18,20). The van der Waals surface area contributed by atoms with Gasteiger partial charge in [0.25, 0.3) is 5.91 Å². The van der Waals surface area contributed by atoms with Gasteiger partial charge in [0, 0.05) is 24.2 Å². The van der Waals surface area contributed by atoms with Crippen LogP contribution in [0.2, 0.25) is 0 Å². The van der Waals surface area contributed by atoms with Crippen molar-refractivity contribution in [2.24, 2.45) is 11.7 Å². The average Bonchev–Trinajstić information content (AvgIpc) is 2.97. The first-order valence-electron chi connectivity index (χ1n) is 7.13. The summed E-state index contributed by atoms with van der Waals surface area (Å²) < 4.78 is 5.13. The van der Waals surface area contributed by atoms with Crippen LogP contribution in [0, 0.1) is 5.92 Å². The molecule has 0 spiro atoms. The van der Waals surface area contributed by atoms with Crippen molar-refractivity contribution in [3.8, 4) is 11.3 Å². The van der Waals surface area contributed by atoms with Crippen LogP contribution in [0.1, 0.15) is 30.8 Å². The summed E-state index contributed by atoms with van der Waals surface area (Å²) >= 11 is 0. The predicted molar refractivity (Wildman–Crippen MR) is 81.7 cm³/mol. The third-order valence-electron chi connectivity index (χ3n) is 3.18. The maximum absolute atomic E-state index is 12.1. The first-order valence-corrected chi connectivity index (χ1v) is 7.13. The van der Waals surface area contributed by atoms with Crippen molar-refractivity contribution in [1.82, 2.24) is 10.5 Å². The summed E-state index contributed by atoms with van der Waals surface area (Å²) in [5, 5.41) is 6.82. The van der Waals surface area contributed by atoms with Gasteiger partial charge in [-0.05, 0) is 12.3 Å². The van der Waals surface area contributed by atoms with E-state index in [0.29, 0.717) is 18.2 Å². The largest absolute Gasteiger partial charge is 0.350 e. The molecule has 0 bridgehead atoms. The number of hydrogen-bond donors (Lipinski definition) is 2. The summed E-state index contributed by atoms with van der Waals surface area (Å²) in [6.07, 6.45) is 0.835. The molecule has 0 aliphatic carbocycles. The Bertz CT molecular complexity index is 578. The molecule has 0 saturated carbocycles. The van der Waals surface area contributed by atoms with Crippen molar-refractivity contribution in [1.29, 1.82) is 0 Å². The van der Waals surface area contributed by atoms with Gasteiger partial charge in [0.05, 0.1) is 0 Å². The maximum atomic E-state index is 12.1. The molecule has 0 radical (unpaired) electrons. The van der Waals surface area contributed by atoms with Gasteiger partial charge in [-0.1, -0.05) is 49.3 Å². The molecule has 2 aromatic rings. The molecule has 1 heterocycles. The molecular weight excluding hydrogens is 266 g/mol. The fourth-order valence-corrected chi connectivity index (χ4v) is 2.17. The van der Waals surface area contributed by atoms with Crippen LogP contribution >= 0.6 is 0 Å². The Balaban J connectivity index is 2.05. The van der Waals surface area contributed by atoms with E-state index in [4.69, 9.17) is 10.3 Å². The zero-order valence-electron chi connectivity index (χ0n) is 12.4. The normalized spacial score (nSPS) is 12.4. The molecule has 0 aliphatic rings. The van der Waals surface area contributed by atoms with Gasteiger partial charge in [0.2, 0.25) is 5.76 Å². The monoisotopic (exact) mass is 287 g/mol. The summed E-state index contributed by atoms with van der Waals surface area (Å²) in [4.78, 5) is 12.1. The molecule has 1 amide bonds. The minimum atomic E-state index is -0.277. The lowest BCUT2D eigenvalue weighted by Crippen LogP contribution is -2.40. The second-order valence-corrected chi connectivity index (χ2v) is 5.48. The molecule has 21 heavy (non-hydrogen) atoms. The highest BCUT2D eigenvalue weighted by Gasteiger charge is 2.18. The molecule has 0 saturated heterocycles. The van der Waals surface area contributed by atoms with Crippen molar-refractivity contribution in [3.63, 3.8) is 0 Å². The Hall–Kier alpha value is -2.14. The highest BCUT2D eigenvalue weighted by atomic mass is 16.5. The van der Waals surface area contributed by atoms with Gasteiger partial charge in [0.15, 0.2) is 0 Å². The van der Waals surface area contributed by atoms with Gasteiger partial charge < -0.3 is 15.6 Å². The van der Waals surface area contributed by atoms with Crippen molar-refractivity contribution < 1.29 is 9.32 Å². The topological polar surface area (TPSA) is 81.1 Å². The molecule has 0 aliphatic heterocycles. The lowest BCUT2D eigenvalue weighted by atomic mass is 10.0. The second kappa shape index (κ2) is 7.04. The van der Waals surface area contributed by atoms with E-state index in [1.807, 2.05) is 30.3 Å². The van der Waals surface area contributed by atoms with Gasteiger partial charge in [-0.2, -0.15) is 0 Å². The van der Waals surface area contributed by atoms with E-state index < -0.39 is 0 Å². The molecule has 5 nitrogen and oxygen atoms in total. The Morgan fingerprint density at radius 2 is 2.05 bits per heavy atom. The lowest BCUT2D eigenvalue weighted by molar-refractivity contribution is 0.0896. The number of carbonyl (C=O) groups excluding carboxylic acids is 1.